The van der Waals surface area contributed by atoms with Crippen molar-refractivity contribution in [3.63, 3.8) is 0 Å². The minimum Gasteiger partial charge on any atom is -0.429 e. The number of carbonyl (C=O) groups excluding carboxylic acids is 2. The Hall–Kier alpha value is -3.69. The summed E-state index contributed by atoms with van der Waals surface area (Å²) in [6, 6.07) is 11.8. The van der Waals surface area contributed by atoms with Crippen molar-refractivity contribution in [1.29, 1.82) is 0 Å². The van der Waals surface area contributed by atoms with Crippen molar-refractivity contribution in [1.82, 2.24) is 4.90 Å². The van der Waals surface area contributed by atoms with Crippen molar-refractivity contribution in [3.05, 3.63) is 70.0 Å². The average molecular weight is 417 g/mol. The summed E-state index contributed by atoms with van der Waals surface area (Å²) in [7, 11) is 0. The molecule has 9 nitrogen and oxygen atoms in total. The lowest BCUT2D eigenvalue weighted by Crippen LogP contribution is -2.40. The Morgan fingerprint density at radius 2 is 2.00 bits per heavy atom. The summed E-state index contributed by atoms with van der Waals surface area (Å²) in [5.41, 5.74) is 0.501. The molecule has 1 heterocycles. The van der Waals surface area contributed by atoms with Crippen LogP contribution in [0.4, 0.5) is 25.4 Å². The van der Waals surface area contributed by atoms with Crippen LogP contribution in [0.3, 0.4) is 0 Å². The van der Waals surface area contributed by atoms with E-state index in [-0.39, 0.29) is 24.9 Å². The summed E-state index contributed by atoms with van der Waals surface area (Å²) in [5, 5.41) is 14.0. The molecule has 3 rings (SSSR count). The van der Waals surface area contributed by atoms with E-state index in [0.29, 0.717) is 19.4 Å². The summed E-state index contributed by atoms with van der Waals surface area (Å²) in [6.45, 7) is 0.537. The molecular weight excluding hydrogens is 397 g/mol. The second-order valence-corrected chi connectivity index (χ2v) is 6.68. The number of hydrogen-bond donors (Lipinski definition) is 1. The van der Waals surface area contributed by atoms with Gasteiger partial charge in [-0.2, -0.15) is 0 Å². The highest BCUT2D eigenvalue weighted by atomic mass is 19.1. The molecule has 1 fully saturated rings. The van der Waals surface area contributed by atoms with Crippen LogP contribution in [0.25, 0.3) is 0 Å². The lowest BCUT2D eigenvalue weighted by atomic mass is 10.2. The largest absolute Gasteiger partial charge is 0.517 e. The topological polar surface area (TPSA) is 111 Å². The standard InChI is InChI=1S/C20H20FN3O6/c21-15-8-9-17(18(11-15)24(27)28)22-12-16-7-4-10-23(16)19(25)30-20(26)29-13-14-5-2-1-3-6-14/h1-3,5-6,8-9,11,16,22H,4,7,10,12-13H2/t16-/m0/s1. The number of halogens is 1. The lowest BCUT2D eigenvalue weighted by Gasteiger charge is -2.23. The van der Waals surface area contributed by atoms with Crippen LogP contribution in [0, 0.1) is 15.9 Å². The minimum atomic E-state index is -1.10. The summed E-state index contributed by atoms with van der Waals surface area (Å²) in [6.07, 6.45) is -0.634. The summed E-state index contributed by atoms with van der Waals surface area (Å²) in [4.78, 5) is 35.9. The van der Waals surface area contributed by atoms with Crippen LogP contribution in [-0.2, 0) is 16.1 Å². The van der Waals surface area contributed by atoms with Gasteiger partial charge in [-0.1, -0.05) is 30.3 Å². The van der Waals surface area contributed by atoms with Gasteiger partial charge in [0.25, 0.3) is 5.69 Å². The quantitative estimate of drug-likeness (QED) is 0.326. The zero-order valence-corrected chi connectivity index (χ0v) is 16.0. The molecule has 1 N–H and O–H groups in total. The van der Waals surface area contributed by atoms with E-state index in [1.54, 1.807) is 24.3 Å². The molecule has 30 heavy (non-hydrogen) atoms. The maximum atomic E-state index is 13.3. The second-order valence-electron chi connectivity index (χ2n) is 6.68. The molecule has 0 spiro atoms. The van der Waals surface area contributed by atoms with Crippen molar-refractivity contribution < 1.29 is 28.4 Å². The Morgan fingerprint density at radius 3 is 2.73 bits per heavy atom. The summed E-state index contributed by atoms with van der Waals surface area (Å²) in [5.74, 6) is -0.715. The van der Waals surface area contributed by atoms with E-state index in [1.165, 1.54) is 11.0 Å². The molecule has 1 atom stereocenters. The third kappa shape index (κ3) is 5.43. The van der Waals surface area contributed by atoms with Gasteiger partial charge in [-0.3, -0.25) is 10.1 Å². The fourth-order valence-corrected chi connectivity index (χ4v) is 3.20. The number of nitro groups is 1. The fraction of sp³-hybridized carbons (Fsp3) is 0.300. The summed E-state index contributed by atoms with van der Waals surface area (Å²) >= 11 is 0. The predicted molar refractivity (Wildman–Crippen MR) is 104 cm³/mol. The van der Waals surface area contributed by atoms with Gasteiger partial charge in [-0.25, -0.2) is 14.0 Å². The van der Waals surface area contributed by atoms with Gasteiger partial charge in [0.2, 0.25) is 0 Å². The van der Waals surface area contributed by atoms with E-state index < -0.39 is 28.7 Å². The molecule has 0 aliphatic carbocycles. The predicted octanol–water partition coefficient (Wildman–Crippen LogP) is 4.08. The molecular formula is C20H20FN3O6. The van der Waals surface area contributed by atoms with Crippen LogP contribution in [0.5, 0.6) is 0 Å². The number of amides is 1. The van der Waals surface area contributed by atoms with Gasteiger partial charge in [0.15, 0.2) is 0 Å². The highest BCUT2D eigenvalue weighted by Gasteiger charge is 2.32. The van der Waals surface area contributed by atoms with Crippen LogP contribution in [0.1, 0.15) is 18.4 Å². The van der Waals surface area contributed by atoms with Gasteiger partial charge in [0.1, 0.15) is 18.1 Å². The number of carbonyl (C=O) groups is 2. The van der Waals surface area contributed by atoms with Crippen LogP contribution in [-0.4, -0.2) is 41.2 Å². The van der Waals surface area contributed by atoms with Gasteiger partial charge >= 0.3 is 12.2 Å². The van der Waals surface area contributed by atoms with E-state index in [2.05, 4.69) is 5.32 Å². The molecule has 1 amide bonds. The second kappa shape index (κ2) is 9.68. The Labute approximate surface area is 171 Å². The molecule has 2 aromatic rings. The monoisotopic (exact) mass is 417 g/mol. The number of likely N-dealkylation sites (tertiary alicyclic amines) is 1. The Kier molecular flexibility index (Phi) is 6.79. The van der Waals surface area contributed by atoms with Crippen molar-refractivity contribution in [3.8, 4) is 0 Å². The molecule has 0 unspecified atom stereocenters. The number of anilines is 1. The van der Waals surface area contributed by atoms with Crippen LogP contribution in [0.15, 0.2) is 48.5 Å². The Balaban J connectivity index is 1.53. The fourth-order valence-electron chi connectivity index (χ4n) is 3.20. The SMILES string of the molecule is O=C(OCc1ccccc1)OC(=O)N1CCC[C@H]1CNc1ccc(F)cc1[N+](=O)[O-]. The smallest absolute Gasteiger partial charge is 0.429 e. The molecule has 0 radical (unpaired) electrons. The van der Waals surface area contributed by atoms with E-state index in [9.17, 15) is 24.1 Å². The number of nitrogens with one attached hydrogen (secondary N) is 1. The zero-order chi connectivity index (χ0) is 21.5. The van der Waals surface area contributed by atoms with E-state index in [0.717, 1.165) is 17.7 Å². The molecule has 0 aromatic heterocycles. The zero-order valence-electron chi connectivity index (χ0n) is 16.0. The number of nitrogens with zero attached hydrogens (tertiary/aromatic N) is 2. The van der Waals surface area contributed by atoms with Crippen LogP contribution in [0.2, 0.25) is 0 Å². The van der Waals surface area contributed by atoms with Gasteiger partial charge in [-0.15, -0.1) is 0 Å². The molecule has 10 heteroatoms. The number of nitro benzene ring substituents is 1. The first kappa shape index (κ1) is 21.0. The van der Waals surface area contributed by atoms with Crippen molar-refractivity contribution >= 4 is 23.6 Å². The molecule has 1 saturated heterocycles. The van der Waals surface area contributed by atoms with Crippen LogP contribution >= 0.6 is 0 Å². The first-order valence-electron chi connectivity index (χ1n) is 9.31. The number of hydrogen-bond acceptors (Lipinski definition) is 7. The third-order valence-corrected chi connectivity index (χ3v) is 4.67. The first-order chi connectivity index (χ1) is 14.4. The highest BCUT2D eigenvalue weighted by Crippen LogP contribution is 2.26. The van der Waals surface area contributed by atoms with E-state index >= 15 is 0 Å². The third-order valence-electron chi connectivity index (χ3n) is 4.67. The van der Waals surface area contributed by atoms with E-state index in [1.807, 2.05) is 6.07 Å². The van der Waals surface area contributed by atoms with Crippen molar-refractivity contribution in [2.45, 2.75) is 25.5 Å². The maximum Gasteiger partial charge on any atom is 0.517 e. The molecule has 1 aliphatic heterocycles. The van der Waals surface area contributed by atoms with Crippen molar-refractivity contribution in [2.75, 3.05) is 18.4 Å². The van der Waals surface area contributed by atoms with Crippen LogP contribution < -0.4 is 5.32 Å². The highest BCUT2D eigenvalue weighted by molar-refractivity contribution is 5.81. The van der Waals surface area contributed by atoms with Gasteiger partial charge in [0.05, 0.1) is 17.0 Å². The number of benzene rings is 2. The molecule has 0 saturated carbocycles. The minimum absolute atomic E-state index is 0.0217. The number of ether oxygens (including phenoxy) is 2. The Morgan fingerprint density at radius 1 is 1.23 bits per heavy atom. The molecule has 2 aromatic carbocycles. The van der Waals surface area contributed by atoms with Crippen molar-refractivity contribution in [2.24, 2.45) is 0 Å². The first-order valence-corrected chi connectivity index (χ1v) is 9.31. The Bertz CT molecular complexity index is 924. The van der Waals surface area contributed by atoms with Gasteiger partial charge in [0, 0.05) is 13.1 Å². The summed E-state index contributed by atoms with van der Waals surface area (Å²) < 4.78 is 23.0. The lowest BCUT2D eigenvalue weighted by molar-refractivity contribution is -0.384. The average Bonchev–Trinajstić information content (AvgIpc) is 3.21. The van der Waals surface area contributed by atoms with Gasteiger partial charge < -0.3 is 19.7 Å². The van der Waals surface area contributed by atoms with Gasteiger partial charge in [-0.05, 0) is 30.5 Å². The molecule has 1 aliphatic rings. The maximum absolute atomic E-state index is 13.3. The van der Waals surface area contributed by atoms with E-state index in [4.69, 9.17) is 9.47 Å². The molecule has 0 bridgehead atoms. The molecule has 158 valence electrons. The normalized spacial score (nSPS) is 15.5. The number of rotatable bonds is 6.